The Labute approximate surface area is 101 Å². The number of hydrogen-bond acceptors (Lipinski definition) is 3. The Bertz CT molecular complexity index is 416. The zero-order chi connectivity index (χ0) is 12.3. The molecule has 3 N–H and O–H groups in total. The van der Waals surface area contributed by atoms with E-state index in [2.05, 4.69) is 10.6 Å². The maximum Gasteiger partial charge on any atom is 0.251 e. The van der Waals surface area contributed by atoms with Crippen molar-refractivity contribution in [1.29, 1.82) is 0 Å². The highest BCUT2D eigenvalue weighted by Gasteiger charge is 2.12. The zero-order valence-corrected chi connectivity index (χ0v) is 9.99. The van der Waals surface area contributed by atoms with Gasteiger partial charge in [-0.3, -0.25) is 4.79 Å². The average Bonchev–Trinajstić information content (AvgIpc) is 2.35. The Balaban J connectivity index is 2.08. The molecule has 1 aromatic rings. The second-order valence-corrected chi connectivity index (χ2v) is 4.47. The van der Waals surface area contributed by atoms with Crippen molar-refractivity contribution in [3.05, 3.63) is 34.9 Å². The molecule has 0 spiro atoms. The third-order valence-corrected chi connectivity index (χ3v) is 2.91. The molecule has 0 bridgehead atoms. The van der Waals surface area contributed by atoms with Crippen molar-refractivity contribution in [2.45, 2.75) is 26.0 Å². The average molecular weight is 234 g/mol. The molecule has 1 aliphatic heterocycles. The van der Waals surface area contributed by atoms with Crippen LogP contribution in [0.4, 0.5) is 0 Å². The molecule has 1 atom stereocenters. The minimum atomic E-state index is -0.516. The molecule has 1 unspecified atom stereocenters. The van der Waals surface area contributed by atoms with Crippen LogP contribution in [-0.2, 0) is 13.0 Å². The number of aliphatic hydroxyl groups excluding tert-OH is 1. The summed E-state index contributed by atoms with van der Waals surface area (Å²) in [5, 5.41) is 15.1. The van der Waals surface area contributed by atoms with Gasteiger partial charge in [-0.15, -0.1) is 0 Å². The second kappa shape index (κ2) is 5.29. The number of rotatable bonds is 3. The first kappa shape index (κ1) is 12.1. The Morgan fingerprint density at radius 1 is 1.53 bits per heavy atom. The molecular formula is C13H18N2O2. The summed E-state index contributed by atoms with van der Waals surface area (Å²) >= 11 is 0. The van der Waals surface area contributed by atoms with E-state index in [1.807, 2.05) is 18.2 Å². The van der Waals surface area contributed by atoms with Crippen molar-refractivity contribution in [3.8, 4) is 0 Å². The van der Waals surface area contributed by atoms with E-state index in [9.17, 15) is 4.79 Å². The first-order valence-electron chi connectivity index (χ1n) is 5.95. The monoisotopic (exact) mass is 234 g/mol. The van der Waals surface area contributed by atoms with Gasteiger partial charge in [-0.1, -0.05) is 6.07 Å². The highest BCUT2D eigenvalue weighted by molar-refractivity contribution is 5.94. The molecule has 2 rings (SSSR count). The van der Waals surface area contributed by atoms with Gasteiger partial charge >= 0.3 is 0 Å². The number of aliphatic hydroxyl groups is 1. The second-order valence-electron chi connectivity index (χ2n) is 4.47. The maximum absolute atomic E-state index is 11.8. The van der Waals surface area contributed by atoms with Gasteiger partial charge in [0.15, 0.2) is 0 Å². The number of amides is 1. The molecule has 92 valence electrons. The van der Waals surface area contributed by atoms with Gasteiger partial charge in [-0.05, 0) is 43.1 Å². The topological polar surface area (TPSA) is 61.4 Å². The summed E-state index contributed by atoms with van der Waals surface area (Å²) in [6.45, 7) is 3.76. The van der Waals surface area contributed by atoms with Crippen LogP contribution in [0.15, 0.2) is 18.2 Å². The van der Waals surface area contributed by atoms with Crippen LogP contribution < -0.4 is 10.6 Å². The van der Waals surface area contributed by atoms with E-state index < -0.39 is 6.10 Å². The van der Waals surface area contributed by atoms with Gasteiger partial charge < -0.3 is 15.7 Å². The van der Waals surface area contributed by atoms with Crippen molar-refractivity contribution in [2.75, 3.05) is 13.1 Å². The lowest BCUT2D eigenvalue weighted by atomic mass is 9.98. The van der Waals surface area contributed by atoms with Gasteiger partial charge in [0.05, 0.1) is 6.10 Å². The summed E-state index contributed by atoms with van der Waals surface area (Å²) in [6.07, 6.45) is 0.503. The Morgan fingerprint density at radius 3 is 3.12 bits per heavy atom. The number of hydrogen-bond donors (Lipinski definition) is 3. The van der Waals surface area contributed by atoms with Crippen molar-refractivity contribution < 1.29 is 9.90 Å². The smallest absolute Gasteiger partial charge is 0.251 e. The minimum absolute atomic E-state index is 0.126. The number of benzene rings is 1. The number of carbonyl (C=O) groups is 1. The summed E-state index contributed by atoms with van der Waals surface area (Å²) in [5.74, 6) is -0.126. The quantitative estimate of drug-likeness (QED) is 0.711. The Hall–Kier alpha value is -1.39. The number of nitrogens with one attached hydrogen (secondary N) is 2. The van der Waals surface area contributed by atoms with Crippen LogP contribution in [0.1, 0.15) is 28.4 Å². The van der Waals surface area contributed by atoms with Crippen LogP contribution in [0.25, 0.3) is 0 Å². The van der Waals surface area contributed by atoms with Crippen LogP contribution in [0.5, 0.6) is 0 Å². The molecule has 1 aromatic carbocycles. The molecule has 1 aliphatic rings. The molecule has 17 heavy (non-hydrogen) atoms. The SMILES string of the molecule is CC(O)CNC(=O)c1ccc2c(c1)CNCC2. The van der Waals surface area contributed by atoms with Gasteiger partial charge in [0.2, 0.25) is 0 Å². The van der Waals surface area contributed by atoms with Gasteiger partial charge in [-0.25, -0.2) is 0 Å². The van der Waals surface area contributed by atoms with Gasteiger partial charge in [-0.2, -0.15) is 0 Å². The lowest BCUT2D eigenvalue weighted by Gasteiger charge is -2.17. The zero-order valence-electron chi connectivity index (χ0n) is 9.99. The third kappa shape index (κ3) is 3.05. The summed E-state index contributed by atoms with van der Waals surface area (Å²) in [7, 11) is 0. The van der Waals surface area contributed by atoms with Crippen LogP contribution in [-0.4, -0.2) is 30.2 Å². The number of carbonyl (C=O) groups excluding carboxylic acids is 1. The molecular weight excluding hydrogens is 216 g/mol. The lowest BCUT2D eigenvalue weighted by Crippen LogP contribution is -2.31. The van der Waals surface area contributed by atoms with Crippen LogP contribution in [0, 0.1) is 0 Å². The molecule has 0 fully saturated rings. The van der Waals surface area contributed by atoms with Gasteiger partial charge in [0.25, 0.3) is 5.91 Å². The van der Waals surface area contributed by atoms with Crippen LogP contribution in [0.3, 0.4) is 0 Å². The molecule has 0 saturated carbocycles. The first-order valence-corrected chi connectivity index (χ1v) is 5.95. The van der Waals surface area contributed by atoms with Gasteiger partial charge in [0.1, 0.15) is 0 Å². The predicted molar refractivity (Wildman–Crippen MR) is 65.9 cm³/mol. The Kier molecular flexibility index (Phi) is 3.76. The van der Waals surface area contributed by atoms with E-state index in [1.165, 1.54) is 11.1 Å². The van der Waals surface area contributed by atoms with E-state index in [0.717, 1.165) is 19.5 Å². The van der Waals surface area contributed by atoms with E-state index in [1.54, 1.807) is 6.92 Å². The van der Waals surface area contributed by atoms with Crippen LogP contribution >= 0.6 is 0 Å². The van der Waals surface area contributed by atoms with Gasteiger partial charge in [0, 0.05) is 18.7 Å². The standard InChI is InChI=1S/C13H18N2O2/c1-9(16)7-15-13(17)11-3-2-10-4-5-14-8-12(10)6-11/h2-3,6,9,14,16H,4-5,7-8H2,1H3,(H,15,17). The summed E-state index contributed by atoms with van der Waals surface area (Å²) in [4.78, 5) is 11.8. The first-order chi connectivity index (χ1) is 8.16. The summed E-state index contributed by atoms with van der Waals surface area (Å²) < 4.78 is 0. The van der Waals surface area contributed by atoms with Crippen molar-refractivity contribution in [2.24, 2.45) is 0 Å². The van der Waals surface area contributed by atoms with Crippen LogP contribution in [0.2, 0.25) is 0 Å². The third-order valence-electron chi connectivity index (χ3n) is 2.91. The highest BCUT2D eigenvalue weighted by Crippen LogP contribution is 2.15. The Morgan fingerprint density at radius 2 is 2.35 bits per heavy atom. The fourth-order valence-electron chi connectivity index (χ4n) is 1.96. The molecule has 0 aromatic heterocycles. The molecule has 4 nitrogen and oxygen atoms in total. The molecule has 0 radical (unpaired) electrons. The van der Waals surface area contributed by atoms with E-state index in [-0.39, 0.29) is 12.5 Å². The molecule has 0 saturated heterocycles. The van der Waals surface area contributed by atoms with E-state index in [0.29, 0.717) is 5.56 Å². The predicted octanol–water partition coefficient (Wildman–Crippen LogP) is 0.443. The molecule has 1 amide bonds. The normalized spacial score (nSPS) is 16.1. The summed E-state index contributed by atoms with van der Waals surface area (Å²) in [6, 6.07) is 5.80. The largest absolute Gasteiger partial charge is 0.392 e. The van der Waals surface area contributed by atoms with E-state index in [4.69, 9.17) is 5.11 Å². The van der Waals surface area contributed by atoms with Crippen molar-refractivity contribution in [3.63, 3.8) is 0 Å². The van der Waals surface area contributed by atoms with Crippen molar-refractivity contribution >= 4 is 5.91 Å². The molecule has 1 heterocycles. The van der Waals surface area contributed by atoms with E-state index >= 15 is 0 Å². The summed E-state index contributed by atoms with van der Waals surface area (Å²) in [5.41, 5.74) is 3.17. The number of fused-ring (bicyclic) bond motifs is 1. The van der Waals surface area contributed by atoms with Crippen molar-refractivity contribution in [1.82, 2.24) is 10.6 Å². The molecule has 0 aliphatic carbocycles. The maximum atomic E-state index is 11.8. The highest BCUT2D eigenvalue weighted by atomic mass is 16.3. The fourth-order valence-corrected chi connectivity index (χ4v) is 1.96. The minimum Gasteiger partial charge on any atom is -0.392 e. The lowest BCUT2D eigenvalue weighted by molar-refractivity contribution is 0.0924. The molecule has 4 heteroatoms. The fraction of sp³-hybridized carbons (Fsp3) is 0.462.